The number of thioether (sulfide) groups is 1. The highest BCUT2D eigenvalue weighted by molar-refractivity contribution is 8.18. The summed E-state index contributed by atoms with van der Waals surface area (Å²) in [5, 5.41) is -0.457. The Morgan fingerprint density at radius 3 is 2.35 bits per heavy atom. The van der Waals surface area contributed by atoms with E-state index in [2.05, 4.69) is 18.7 Å². The Kier molecular flexibility index (Phi) is 6.85. The summed E-state index contributed by atoms with van der Waals surface area (Å²) in [4.78, 5) is 39.6. The van der Waals surface area contributed by atoms with Crippen LogP contribution in [0.25, 0.3) is 6.08 Å². The molecule has 1 aromatic rings. The summed E-state index contributed by atoms with van der Waals surface area (Å²) < 4.78 is 5.00. The Bertz CT molecular complexity index is 709. The minimum Gasteiger partial charge on any atom is -0.462 e. The molecule has 140 valence electrons. The standard InChI is InChI=1S/C19H24N2O4S/c1-5-20(6-2)15-9-7-14(8-10-15)11-16-18(23)21(19(24)26-16)12-17(22)25-13(3)4/h7-11,13H,5-6,12H2,1-4H3. The fourth-order valence-electron chi connectivity index (χ4n) is 2.59. The van der Waals surface area contributed by atoms with Gasteiger partial charge in [-0.2, -0.15) is 0 Å². The second kappa shape index (κ2) is 8.89. The second-order valence-corrected chi connectivity index (χ2v) is 7.06. The Morgan fingerprint density at radius 1 is 1.19 bits per heavy atom. The number of hydrogen-bond donors (Lipinski definition) is 0. The maximum absolute atomic E-state index is 12.4. The van der Waals surface area contributed by atoms with E-state index in [4.69, 9.17) is 4.74 Å². The first-order valence-electron chi connectivity index (χ1n) is 8.65. The molecule has 0 aromatic heterocycles. The predicted molar refractivity (Wildman–Crippen MR) is 104 cm³/mol. The molecule has 1 heterocycles. The van der Waals surface area contributed by atoms with Gasteiger partial charge in [0.1, 0.15) is 6.54 Å². The van der Waals surface area contributed by atoms with E-state index in [1.807, 2.05) is 24.3 Å². The highest BCUT2D eigenvalue weighted by Crippen LogP contribution is 2.32. The van der Waals surface area contributed by atoms with Crippen molar-refractivity contribution >= 4 is 40.6 Å². The van der Waals surface area contributed by atoms with Gasteiger partial charge in [0, 0.05) is 18.8 Å². The molecule has 0 bridgehead atoms. The van der Waals surface area contributed by atoms with Gasteiger partial charge in [-0.05, 0) is 63.2 Å². The molecule has 7 heteroatoms. The van der Waals surface area contributed by atoms with E-state index < -0.39 is 17.1 Å². The fraction of sp³-hybridized carbons (Fsp3) is 0.421. The molecule has 0 N–H and O–H groups in total. The van der Waals surface area contributed by atoms with Crippen LogP contribution in [0.4, 0.5) is 10.5 Å². The Labute approximate surface area is 158 Å². The van der Waals surface area contributed by atoms with Crippen molar-refractivity contribution < 1.29 is 19.1 Å². The van der Waals surface area contributed by atoms with Crippen molar-refractivity contribution in [1.29, 1.82) is 0 Å². The quantitative estimate of drug-likeness (QED) is 0.536. The molecule has 0 radical (unpaired) electrons. The molecule has 6 nitrogen and oxygen atoms in total. The van der Waals surface area contributed by atoms with Crippen LogP contribution in [0.1, 0.15) is 33.3 Å². The van der Waals surface area contributed by atoms with Gasteiger partial charge in [-0.3, -0.25) is 19.3 Å². The Hall–Kier alpha value is -2.28. The minimum absolute atomic E-state index is 0.290. The van der Waals surface area contributed by atoms with E-state index in [0.717, 1.165) is 41.0 Å². The number of hydrogen-bond acceptors (Lipinski definition) is 6. The molecule has 2 rings (SSSR count). The minimum atomic E-state index is -0.591. The number of ether oxygens (including phenoxy) is 1. The van der Waals surface area contributed by atoms with Gasteiger partial charge >= 0.3 is 5.97 Å². The monoisotopic (exact) mass is 376 g/mol. The average molecular weight is 376 g/mol. The van der Waals surface area contributed by atoms with E-state index in [-0.39, 0.29) is 12.6 Å². The van der Waals surface area contributed by atoms with E-state index in [0.29, 0.717) is 4.91 Å². The van der Waals surface area contributed by atoms with Gasteiger partial charge in [0.25, 0.3) is 11.1 Å². The van der Waals surface area contributed by atoms with Crippen LogP contribution < -0.4 is 4.90 Å². The largest absolute Gasteiger partial charge is 0.462 e. The number of benzene rings is 1. The molecule has 1 fully saturated rings. The zero-order valence-corrected chi connectivity index (χ0v) is 16.3. The molecule has 1 saturated heterocycles. The van der Waals surface area contributed by atoms with Crippen molar-refractivity contribution in [3.63, 3.8) is 0 Å². The number of rotatable bonds is 7. The maximum Gasteiger partial charge on any atom is 0.326 e. The molecular formula is C19H24N2O4S. The number of nitrogens with zero attached hydrogens (tertiary/aromatic N) is 2. The van der Waals surface area contributed by atoms with Crippen LogP contribution in [-0.4, -0.2) is 47.8 Å². The van der Waals surface area contributed by atoms with Crippen LogP contribution in [-0.2, 0) is 14.3 Å². The van der Waals surface area contributed by atoms with E-state index >= 15 is 0 Å². The molecular weight excluding hydrogens is 352 g/mol. The van der Waals surface area contributed by atoms with Gasteiger partial charge in [-0.15, -0.1) is 0 Å². The van der Waals surface area contributed by atoms with Crippen LogP contribution in [0, 0.1) is 0 Å². The molecule has 0 saturated carbocycles. The summed E-state index contributed by atoms with van der Waals surface area (Å²) in [7, 11) is 0. The van der Waals surface area contributed by atoms with Crippen molar-refractivity contribution in [3.8, 4) is 0 Å². The van der Waals surface area contributed by atoms with Crippen LogP contribution in [0.2, 0.25) is 0 Å². The van der Waals surface area contributed by atoms with Gasteiger partial charge in [-0.25, -0.2) is 0 Å². The lowest BCUT2D eigenvalue weighted by molar-refractivity contribution is -0.149. The van der Waals surface area contributed by atoms with Gasteiger partial charge in [0.15, 0.2) is 0 Å². The number of carbonyl (C=O) groups is 3. The molecule has 1 aliphatic rings. The summed E-state index contributed by atoms with van der Waals surface area (Å²) in [6.07, 6.45) is 1.38. The van der Waals surface area contributed by atoms with Crippen LogP contribution in [0.15, 0.2) is 29.2 Å². The smallest absolute Gasteiger partial charge is 0.326 e. The number of imide groups is 1. The van der Waals surface area contributed by atoms with E-state index in [1.165, 1.54) is 0 Å². The van der Waals surface area contributed by atoms with Gasteiger partial charge in [0.2, 0.25) is 0 Å². The first kappa shape index (κ1) is 20.0. The van der Waals surface area contributed by atoms with Crippen molar-refractivity contribution in [1.82, 2.24) is 4.90 Å². The fourth-order valence-corrected chi connectivity index (χ4v) is 3.43. The first-order valence-corrected chi connectivity index (χ1v) is 9.47. The van der Waals surface area contributed by atoms with Gasteiger partial charge < -0.3 is 9.64 Å². The Morgan fingerprint density at radius 2 is 1.81 bits per heavy atom. The summed E-state index contributed by atoms with van der Waals surface area (Å²) in [6.45, 7) is 9.10. The van der Waals surface area contributed by atoms with Gasteiger partial charge in [-0.1, -0.05) is 12.1 Å². The van der Waals surface area contributed by atoms with Crippen molar-refractivity contribution in [2.24, 2.45) is 0 Å². The van der Waals surface area contributed by atoms with Crippen molar-refractivity contribution in [2.45, 2.75) is 33.8 Å². The highest BCUT2D eigenvalue weighted by Gasteiger charge is 2.36. The second-order valence-electron chi connectivity index (χ2n) is 6.07. The lowest BCUT2D eigenvalue weighted by Gasteiger charge is -2.20. The van der Waals surface area contributed by atoms with Crippen molar-refractivity contribution in [3.05, 3.63) is 34.7 Å². The summed E-state index contributed by atoms with van der Waals surface area (Å²) in [5.74, 6) is -1.05. The molecule has 1 aliphatic heterocycles. The predicted octanol–water partition coefficient (Wildman–Crippen LogP) is 3.52. The van der Waals surface area contributed by atoms with Crippen LogP contribution in [0.5, 0.6) is 0 Å². The van der Waals surface area contributed by atoms with Gasteiger partial charge in [0.05, 0.1) is 11.0 Å². The normalized spacial score (nSPS) is 15.9. The third-order valence-corrected chi connectivity index (χ3v) is 4.75. The Balaban J connectivity index is 2.10. The molecule has 0 atom stereocenters. The first-order chi connectivity index (χ1) is 12.3. The lowest BCUT2D eigenvalue weighted by Crippen LogP contribution is -2.35. The molecule has 0 aliphatic carbocycles. The number of amides is 2. The topological polar surface area (TPSA) is 66.9 Å². The summed E-state index contributed by atoms with van der Waals surface area (Å²) >= 11 is 0.837. The molecule has 1 aromatic carbocycles. The zero-order chi connectivity index (χ0) is 19.3. The zero-order valence-electron chi connectivity index (χ0n) is 15.5. The molecule has 26 heavy (non-hydrogen) atoms. The molecule has 0 spiro atoms. The van der Waals surface area contributed by atoms with E-state index in [9.17, 15) is 14.4 Å². The van der Waals surface area contributed by atoms with Crippen LogP contribution >= 0.6 is 11.8 Å². The number of anilines is 1. The third kappa shape index (κ3) is 4.88. The number of esters is 1. The maximum atomic E-state index is 12.4. The van der Waals surface area contributed by atoms with Crippen molar-refractivity contribution in [2.75, 3.05) is 24.5 Å². The lowest BCUT2D eigenvalue weighted by atomic mass is 10.1. The molecule has 2 amide bonds. The van der Waals surface area contributed by atoms with E-state index in [1.54, 1.807) is 19.9 Å². The highest BCUT2D eigenvalue weighted by atomic mass is 32.2. The molecule has 0 unspecified atom stereocenters. The number of carbonyl (C=O) groups excluding carboxylic acids is 3. The third-order valence-electron chi connectivity index (χ3n) is 3.85. The van der Waals surface area contributed by atoms with Crippen LogP contribution in [0.3, 0.4) is 0 Å². The summed E-state index contributed by atoms with van der Waals surface area (Å²) in [5.41, 5.74) is 1.94. The summed E-state index contributed by atoms with van der Waals surface area (Å²) in [6, 6.07) is 7.80. The average Bonchev–Trinajstić information content (AvgIpc) is 2.84. The SMILES string of the molecule is CCN(CC)c1ccc(C=C2SC(=O)N(CC(=O)OC(C)C)C2=O)cc1.